The first-order chi connectivity index (χ1) is 12.3. The van der Waals surface area contributed by atoms with E-state index in [0.29, 0.717) is 36.1 Å². The molecule has 0 aromatic carbocycles. The van der Waals surface area contributed by atoms with Crippen LogP contribution >= 0.6 is 0 Å². The Morgan fingerprint density at radius 1 is 1.28 bits per heavy atom. The molecule has 4 rings (SSSR count). The third kappa shape index (κ3) is 2.85. The molecule has 2 N–H and O–H groups in total. The van der Waals surface area contributed by atoms with Crippen LogP contribution in [-0.4, -0.2) is 54.1 Å². The van der Waals surface area contributed by atoms with Crippen molar-refractivity contribution < 1.29 is 15.7 Å². The van der Waals surface area contributed by atoms with E-state index in [1.54, 1.807) is 4.90 Å². The molecule has 0 bridgehead atoms. The highest BCUT2D eigenvalue weighted by atomic mass is 16.5. The molecule has 4 aliphatic rings. The zero-order valence-electron chi connectivity index (χ0n) is 16.0. The van der Waals surface area contributed by atoms with Gasteiger partial charge in [0.2, 0.25) is 0 Å². The van der Waals surface area contributed by atoms with Gasteiger partial charge in [-0.25, -0.2) is 10.4 Å². The van der Waals surface area contributed by atoms with E-state index in [1.165, 1.54) is 10.4 Å². The molecule has 1 saturated heterocycles. The van der Waals surface area contributed by atoms with Gasteiger partial charge in [-0.15, -0.1) is 0 Å². The normalized spacial score (nSPS) is 28.8. The number of carbonyl (C=O) groups is 2. The molecule has 0 aliphatic carbocycles. The van der Waals surface area contributed by atoms with Gasteiger partial charge in [-0.2, -0.15) is 0 Å². The van der Waals surface area contributed by atoms with E-state index in [-0.39, 0.29) is 23.3 Å². The maximum absolute atomic E-state index is 13.0. The maximum atomic E-state index is 13.0. The van der Waals surface area contributed by atoms with E-state index < -0.39 is 0 Å². The quantitative estimate of drug-likeness (QED) is 0.770. The molecule has 2 amide bonds. The summed E-state index contributed by atoms with van der Waals surface area (Å²) in [5, 5.41) is 4.47. The van der Waals surface area contributed by atoms with Gasteiger partial charge in [0, 0.05) is 19.8 Å². The van der Waals surface area contributed by atoms with Crippen LogP contribution in [0.25, 0.3) is 0 Å². The minimum absolute atomic E-state index is 0.115. The number of ether oxygens (including phenoxy) is 1. The van der Waals surface area contributed by atoms with Crippen LogP contribution in [0.4, 0.5) is 0 Å². The summed E-state index contributed by atoms with van der Waals surface area (Å²) < 4.78 is 13.8. The molecule has 1 atom stereocenters. The van der Waals surface area contributed by atoms with Crippen molar-refractivity contribution in [2.24, 2.45) is 11.3 Å². The first-order valence-corrected chi connectivity index (χ1v) is 8.99. The maximum Gasteiger partial charge on any atom is 0.274 e. The van der Waals surface area contributed by atoms with Crippen molar-refractivity contribution in [2.45, 2.75) is 39.7 Å². The fourth-order valence-corrected chi connectivity index (χ4v) is 3.70. The lowest BCUT2D eigenvalue weighted by atomic mass is 9.87. The largest absolute Gasteiger partial charge is 0.381 e. The van der Waals surface area contributed by atoms with Crippen LogP contribution in [0.2, 0.25) is 1.41 Å². The number of hydrogen-bond acceptors (Lipinski definition) is 5. The second-order valence-corrected chi connectivity index (χ2v) is 8.32. The van der Waals surface area contributed by atoms with Gasteiger partial charge in [-0.05, 0) is 30.3 Å². The lowest BCUT2D eigenvalue weighted by molar-refractivity contribution is -0.129. The van der Waals surface area contributed by atoms with E-state index in [1.807, 2.05) is 26.8 Å². The lowest BCUT2D eigenvalue weighted by Gasteiger charge is -2.30. The average Bonchev–Trinajstić information content (AvgIpc) is 3.08. The molecule has 0 aromatic heterocycles. The van der Waals surface area contributed by atoms with Crippen LogP contribution in [0.5, 0.6) is 0 Å². The Hall–Kier alpha value is -1.86. The molecule has 136 valence electrons. The lowest BCUT2D eigenvalue weighted by Crippen LogP contribution is -2.50. The summed E-state index contributed by atoms with van der Waals surface area (Å²) in [4.78, 5) is 27.6. The van der Waals surface area contributed by atoms with Crippen LogP contribution in [0.3, 0.4) is 0 Å². The molecule has 4 aliphatic heterocycles. The number of hydrazine groups is 1. The summed E-state index contributed by atoms with van der Waals surface area (Å²) in [5.41, 5.74) is 1.87. The summed E-state index contributed by atoms with van der Waals surface area (Å²) in [6.45, 7) is 8.52. The molecule has 7 nitrogen and oxygen atoms in total. The second kappa shape index (κ2) is 5.85. The van der Waals surface area contributed by atoms with E-state index in [4.69, 9.17) is 6.15 Å². The van der Waals surface area contributed by atoms with Gasteiger partial charge >= 0.3 is 0 Å². The third-order valence-corrected chi connectivity index (χ3v) is 5.35. The van der Waals surface area contributed by atoms with Crippen molar-refractivity contribution >= 4 is 11.8 Å². The predicted molar refractivity (Wildman–Crippen MR) is 91.6 cm³/mol. The average molecular weight is 347 g/mol. The summed E-state index contributed by atoms with van der Waals surface area (Å²) in [5.74, 6) is 0.553. The molecule has 1 unspecified atom stereocenters. The van der Waals surface area contributed by atoms with E-state index >= 15 is 0 Å². The number of nitrogens with zero attached hydrogens (tertiary/aromatic N) is 2. The van der Waals surface area contributed by atoms with Gasteiger partial charge in [-0.1, -0.05) is 20.8 Å². The molecular formula is C18H26N4O3. The van der Waals surface area contributed by atoms with Gasteiger partial charge in [0.1, 0.15) is 12.9 Å². The third-order valence-electron chi connectivity index (χ3n) is 5.35. The Morgan fingerprint density at radius 2 is 2.00 bits per heavy atom. The van der Waals surface area contributed by atoms with Crippen LogP contribution in [0, 0.1) is 11.3 Å². The number of amides is 2. The van der Waals surface area contributed by atoms with Crippen molar-refractivity contribution in [1.82, 2.24) is 20.6 Å². The number of hydrogen-bond donors (Lipinski definition) is 2. The zero-order valence-corrected chi connectivity index (χ0v) is 15.0. The van der Waals surface area contributed by atoms with Crippen molar-refractivity contribution in [2.75, 3.05) is 26.3 Å². The summed E-state index contributed by atoms with van der Waals surface area (Å²) in [7, 11) is 0. The predicted octanol–water partition coefficient (Wildman–Crippen LogP) is 0.715. The smallest absolute Gasteiger partial charge is 0.274 e. The van der Waals surface area contributed by atoms with Crippen molar-refractivity contribution in [3.05, 3.63) is 23.2 Å². The molecular weight excluding hydrogens is 320 g/mol. The standard InChI is InChI=1S/C18H26N4O3/c1-18(2,3)13-8-14-19-15-12(16(23)22(14)20-13)10-21(17(15)24)9-11-4-6-25-7-5-11/h8,11,13,19-20H,4-7,9-10H2,1-3H3/i/hD. The minimum Gasteiger partial charge on any atom is -0.381 e. The zero-order chi connectivity index (χ0) is 18.6. The van der Waals surface area contributed by atoms with E-state index in [2.05, 4.69) is 5.32 Å². The Bertz CT molecular complexity index is 706. The second-order valence-electron chi connectivity index (χ2n) is 8.32. The fourth-order valence-electron chi connectivity index (χ4n) is 3.70. The van der Waals surface area contributed by atoms with Crippen LogP contribution in [-0.2, 0) is 14.3 Å². The SMILES string of the molecule is [2H]N1C(C(C)(C)C)C=C2NC3=C(CN(CC4CCOCC4)C3=O)C(=O)N21. The van der Waals surface area contributed by atoms with Crippen molar-refractivity contribution in [3.8, 4) is 0 Å². The number of carbonyl (C=O) groups excluding carboxylic acids is 2. The van der Waals surface area contributed by atoms with Crippen molar-refractivity contribution in [1.29, 1.82) is 0 Å². The fraction of sp³-hybridized carbons (Fsp3) is 0.667. The first-order valence-electron chi connectivity index (χ1n) is 9.43. The molecule has 1 fully saturated rings. The molecule has 0 saturated carbocycles. The molecule has 4 heterocycles. The summed E-state index contributed by atoms with van der Waals surface area (Å²) in [6, 6.07) is -0.234. The molecule has 0 aromatic rings. The summed E-state index contributed by atoms with van der Waals surface area (Å²) >= 11 is 0. The van der Waals surface area contributed by atoms with Gasteiger partial charge in [0.05, 0.1) is 18.2 Å². The highest BCUT2D eigenvalue weighted by Crippen LogP contribution is 2.32. The Labute approximate surface area is 149 Å². The molecule has 7 heteroatoms. The Kier molecular flexibility index (Phi) is 3.60. The van der Waals surface area contributed by atoms with Gasteiger partial charge in [-0.3, -0.25) is 9.59 Å². The first kappa shape index (κ1) is 15.4. The highest BCUT2D eigenvalue weighted by Gasteiger charge is 2.45. The monoisotopic (exact) mass is 347 g/mol. The van der Waals surface area contributed by atoms with Crippen LogP contribution in [0.1, 0.15) is 33.6 Å². The van der Waals surface area contributed by atoms with Crippen LogP contribution in [0.15, 0.2) is 23.2 Å². The molecule has 0 spiro atoms. The molecule has 25 heavy (non-hydrogen) atoms. The minimum atomic E-state index is -0.269. The Morgan fingerprint density at radius 3 is 2.68 bits per heavy atom. The number of nitrogens with one attached hydrogen (secondary N) is 2. The highest BCUT2D eigenvalue weighted by molar-refractivity contribution is 6.10. The van der Waals surface area contributed by atoms with E-state index in [0.717, 1.165) is 26.1 Å². The Balaban J connectivity index is 1.53. The summed E-state index contributed by atoms with van der Waals surface area (Å²) in [6.07, 6.45) is 3.75. The van der Waals surface area contributed by atoms with Crippen LogP contribution < -0.4 is 10.7 Å². The van der Waals surface area contributed by atoms with Gasteiger partial charge in [0.25, 0.3) is 11.8 Å². The van der Waals surface area contributed by atoms with Gasteiger partial charge in [0.15, 0.2) is 0 Å². The number of fused-ring (bicyclic) bond motifs is 1. The van der Waals surface area contributed by atoms with E-state index in [9.17, 15) is 9.59 Å². The molecule has 0 radical (unpaired) electrons. The number of rotatable bonds is 2. The topological polar surface area (TPSA) is 73.9 Å². The van der Waals surface area contributed by atoms with Gasteiger partial charge < -0.3 is 15.0 Å². The van der Waals surface area contributed by atoms with Crippen molar-refractivity contribution in [3.63, 3.8) is 0 Å².